The summed E-state index contributed by atoms with van der Waals surface area (Å²) >= 11 is 11.8. The van der Waals surface area contributed by atoms with Crippen LogP contribution < -0.4 is 5.73 Å². The van der Waals surface area contributed by atoms with Gasteiger partial charge in [0.15, 0.2) is 0 Å². The van der Waals surface area contributed by atoms with Crippen molar-refractivity contribution in [3.63, 3.8) is 0 Å². The summed E-state index contributed by atoms with van der Waals surface area (Å²) in [6, 6.07) is 5.57. The first-order valence-electron chi connectivity index (χ1n) is 4.27. The van der Waals surface area contributed by atoms with Crippen molar-refractivity contribution in [2.24, 2.45) is 11.7 Å². The lowest BCUT2D eigenvalue weighted by Gasteiger charge is -2.09. The summed E-state index contributed by atoms with van der Waals surface area (Å²) in [7, 11) is 0. The summed E-state index contributed by atoms with van der Waals surface area (Å²) in [5, 5.41) is 1.40. The van der Waals surface area contributed by atoms with Crippen LogP contribution in [0.4, 0.5) is 0 Å². The highest BCUT2D eigenvalue weighted by molar-refractivity contribution is 6.35. The fourth-order valence-electron chi connectivity index (χ4n) is 1.15. The molecule has 0 fully saturated rings. The van der Waals surface area contributed by atoms with E-state index >= 15 is 0 Å². The predicted molar refractivity (Wildman–Crippen MR) is 58.4 cm³/mol. The topological polar surface area (TPSA) is 26.0 Å². The minimum atomic E-state index is 0.457. The molecule has 0 unspecified atom stereocenters. The second-order valence-electron chi connectivity index (χ2n) is 3.28. The van der Waals surface area contributed by atoms with Crippen LogP contribution in [0.25, 0.3) is 0 Å². The van der Waals surface area contributed by atoms with Crippen molar-refractivity contribution in [1.82, 2.24) is 0 Å². The maximum Gasteiger partial charge on any atom is 0.0452 e. The van der Waals surface area contributed by atoms with Gasteiger partial charge in [-0.05, 0) is 36.6 Å². The molecule has 0 saturated carbocycles. The Balaban J connectivity index is 2.77. The van der Waals surface area contributed by atoms with Gasteiger partial charge in [0.2, 0.25) is 0 Å². The first-order chi connectivity index (χ1) is 6.13. The van der Waals surface area contributed by atoms with Crippen molar-refractivity contribution in [3.8, 4) is 0 Å². The van der Waals surface area contributed by atoms with Crippen LogP contribution in [0, 0.1) is 5.92 Å². The molecule has 0 radical (unpaired) electrons. The van der Waals surface area contributed by atoms with Gasteiger partial charge in [-0.1, -0.05) is 36.2 Å². The Hall–Kier alpha value is -0.240. The predicted octanol–water partition coefficient (Wildman–Crippen LogP) is 3.13. The quantitative estimate of drug-likeness (QED) is 0.828. The first-order valence-corrected chi connectivity index (χ1v) is 5.03. The second-order valence-corrected chi connectivity index (χ2v) is 4.12. The Morgan fingerprint density at radius 2 is 2.08 bits per heavy atom. The lowest BCUT2D eigenvalue weighted by atomic mass is 10.0. The van der Waals surface area contributed by atoms with Crippen LogP contribution in [0.3, 0.4) is 0 Å². The number of hydrogen-bond acceptors (Lipinski definition) is 1. The number of rotatable bonds is 3. The van der Waals surface area contributed by atoms with E-state index in [-0.39, 0.29) is 0 Å². The van der Waals surface area contributed by atoms with Gasteiger partial charge >= 0.3 is 0 Å². The van der Waals surface area contributed by atoms with Crippen LogP contribution in [0.15, 0.2) is 18.2 Å². The van der Waals surface area contributed by atoms with Crippen LogP contribution in [-0.4, -0.2) is 6.54 Å². The molecule has 72 valence electrons. The van der Waals surface area contributed by atoms with Gasteiger partial charge in [-0.25, -0.2) is 0 Å². The summed E-state index contributed by atoms with van der Waals surface area (Å²) in [6.07, 6.45) is 0.909. The summed E-state index contributed by atoms with van der Waals surface area (Å²) in [6.45, 7) is 2.78. The van der Waals surface area contributed by atoms with E-state index in [1.165, 1.54) is 0 Å². The van der Waals surface area contributed by atoms with Gasteiger partial charge in [-0.2, -0.15) is 0 Å². The number of halogens is 2. The number of benzene rings is 1. The normalized spacial score (nSPS) is 12.9. The summed E-state index contributed by atoms with van der Waals surface area (Å²) in [5.41, 5.74) is 6.65. The highest BCUT2D eigenvalue weighted by atomic mass is 35.5. The largest absolute Gasteiger partial charge is 0.330 e. The smallest absolute Gasteiger partial charge is 0.0452 e. The van der Waals surface area contributed by atoms with Gasteiger partial charge in [-0.3, -0.25) is 0 Å². The van der Waals surface area contributed by atoms with Crippen molar-refractivity contribution < 1.29 is 0 Å². The lowest BCUT2D eigenvalue weighted by molar-refractivity contribution is 0.593. The van der Waals surface area contributed by atoms with Crippen molar-refractivity contribution in [3.05, 3.63) is 33.8 Å². The van der Waals surface area contributed by atoms with Crippen molar-refractivity contribution >= 4 is 23.2 Å². The third-order valence-corrected chi connectivity index (χ3v) is 2.57. The third kappa shape index (κ3) is 3.18. The maximum absolute atomic E-state index is 6.01. The molecular formula is C10H13Cl2N. The molecule has 0 spiro atoms. The molecule has 0 aliphatic carbocycles. The van der Waals surface area contributed by atoms with Gasteiger partial charge in [0, 0.05) is 10.0 Å². The van der Waals surface area contributed by atoms with Crippen LogP contribution in [0.5, 0.6) is 0 Å². The summed E-state index contributed by atoms with van der Waals surface area (Å²) < 4.78 is 0. The Bertz CT molecular complexity index is 286. The minimum absolute atomic E-state index is 0.457. The van der Waals surface area contributed by atoms with Gasteiger partial charge in [0.1, 0.15) is 0 Å². The van der Waals surface area contributed by atoms with E-state index in [0.29, 0.717) is 17.5 Å². The average molecular weight is 218 g/mol. The molecule has 0 aromatic heterocycles. The molecule has 1 nitrogen and oxygen atoms in total. The molecule has 0 bridgehead atoms. The Morgan fingerprint density at radius 3 is 2.62 bits per heavy atom. The molecule has 0 heterocycles. The standard InChI is InChI=1S/C10H13Cl2N/c1-7(6-13)4-8-2-3-9(11)5-10(8)12/h2-3,5,7H,4,6,13H2,1H3/t7-/m1/s1. The summed E-state index contributed by atoms with van der Waals surface area (Å²) in [5.74, 6) is 0.457. The molecule has 1 rings (SSSR count). The van der Waals surface area contributed by atoms with E-state index in [1.807, 2.05) is 12.1 Å². The molecule has 3 heteroatoms. The summed E-state index contributed by atoms with van der Waals surface area (Å²) in [4.78, 5) is 0. The molecule has 0 saturated heterocycles. The van der Waals surface area contributed by atoms with E-state index in [2.05, 4.69) is 6.92 Å². The van der Waals surface area contributed by atoms with Crippen LogP contribution >= 0.6 is 23.2 Å². The molecule has 1 aromatic carbocycles. The van der Waals surface area contributed by atoms with Crippen molar-refractivity contribution in [1.29, 1.82) is 0 Å². The lowest BCUT2D eigenvalue weighted by Crippen LogP contribution is -2.13. The van der Waals surface area contributed by atoms with Crippen LogP contribution in [0.1, 0.15) is 12.5 Å². The zero-order chi connectivity index (χ0) is 9.84. The Morgan fingerprint density at radius 1 is 1.38 bits per heavy atom. The molecule has 1 atom stereocenters. The van der Waals surface area contributed by atoms with E-state index < -0.39 is 0 Å². The van der Waals surface area contributed by atoms with Crippen LogP contribution in [0.2, 0.25) is 10.0 Å². The Labute approximate surface area is 88.8 Å². The minimum Gasteiger partial charge on any atom is -0.330 e. The fourth-order valence-corrected chi connectivity index (χ4v) is 1.63. The average Bonchev–Trinajstić information content (AvgIpc) is 2.09. The van der Waals surface area contributed by atoms with Crippen molar-refractivity contribution in [2.45, 2.75) is 13.3 Å². The SMILES string of the molecule is C[C@@H](CN)Cc1ccc(Cl)cc1Cl. The highest BCUT2D eigenvalue weighted by Gasteiger charge is 2.05. The molecule has 2 N–H and O–H groups in total. The third-order valence-electron chi connectivity index (χ3n) is 1.99. The zero-order valence-electron chi connectivity index (χ0n) is 7.56. The number of nitrogens with two attached hydrogens (primary N) is 1. The molecule has 1 aromatic rings. The second kappa shape index (κ2) is 4.85. The van der Waals surface area contributed by atoms with E-state index in [9.17, 15) is 0 Å². The maximum atomic E-state index is 6.01. The molecule has 0 aliphatic rings. The molecule has 13 heavy (non-hydrogen) atoms. The number of hydrogen-bond donors (Lipinski definition) is 1. The fraction of sp³-hybridized carbons (Fsp3) is 0.400. The van der Waals surface area contributed by atoms with E-state index in [0.717, 1.165) is 17.0 Å². The zero-order valence-corrected chi connectivity index (χ0v) is 9.07. The first kappa shape index (κ1) is 10.8. The van der Waals surface area contributed by atoms with Gasteiger partial charge in [0.25, 0.3) is 0 Å². The van der Waals surface area contributed by atoms with E-state index in [4.69, 9.17) is 28.9 Å². The Kier molecular flexibility index (Phi) is 4.04. The van der Waals surface area contributed by atoms with E-state index in [1.54, 1.807) is 6.07 Å². The molecule has 0 amide bonds. The molecular weight excluding hydrogens is 205 g/mol. The van der Waals surface area contributed by atoms with Crippen LogP contribution in [-0.2, 0) is 6.42 Å². The van der Waals surface area contributed by atoms with Gasteiger partial charge < -0.3 is 5.73 Å². The van der Waals surface area contributed by atoms with Crippen molar-refractivity contribution in [2.75, 3.05) is 6.54 Å². The molecule has 0 aliphatic heterocycles. The van der Waals surface area contributed by atoms with Gasteiger partial charge in [0.05, 0.1) is 0 Å². The highest BCUT2D eigenvalue weighted by Crippen LogP contribution is 2.22. The van der Waals surface area contributed by atoms with Gasteiger partial charge in [-0.15, -0.1) is 0 Å². The monoisotopic (exact) mass is 217 g/mol.